The van der Waals surface area contributed by atoms with Crippen molar-refractivity contribution in [3.05, 3.63) is 0 Å². The fraction of sp³-hybridized carbons (Fsp3) is 0.333. The van der Waals surface area contributed by atoms with Gasteiger partial charge in [0.25, 0.3) is 0 Å². The molecule has 1 aliphatic heterocycles. The van der Waals surface area contributed by atoms with E-state index in [2.05, 4.69) is 22.3 Å². The van der Waals surface area contributed by atoms with E-state index in [0.717, 1.165) is 0 Å². The summed E-state index contributed by atoms with van der Waals surface area (Å²) in [5.41, 5.74) is 3.36. The van der Waals surface area contributed by atoms with Crippen molar-refractivity contribution in [3.63, 3.8) is 0 Å². The maximum absolute atomic E-state index is 4.21. The highest BCUT2D eigenvalue weighted by atomic mass is 16.6. The van der Waals surface area contributed by atoms with E-state index in [1.807, 2.05) is 0 Å². The highest BCUT2D eigenvalue weighted by molar-refractivity contribution is 4.96. The summed E-state index contributed by atoms with van der Waals surface area (Å²) in [4.78, 5) is 4.21. The summed E-state index contributed by atoms with van der Waals surface area (Å²) in [6.07, 6.45) is 2.31. The van der Waals surface area contributed by atoms with Gasteiger partial charge in [-0.2, -0.15) is 0 Å². The Balaban J connectivity index is 2.42. The van der Waals surface area contributed by atoms with Crippen LogP contribution in [0.3, 0.4) is 0 Å². The maximum Gasteiger partial charge on any atom is 0.141 e. The zero-order valence-electron chi connectivity index (χ0n) is 2.56. The third-order valence-corrected chi connectivity index (χ3v) is 0.326. The highest BCUT2D eigenvalue weighted by Crippen LogP contribution is 1.69. The maximum atomic E-state index is 4.21. The molecule has 0 aliphatic carbocycles. The number of hydrogen-bond donors (Lipinski definition) is 0. The van der Waals surface area contributed by atoms with Crippen LogP contribution in [-0.2, 0) is 4.84 Å². The second-order valence-electron chi connectivity index (χ2n) is 0.657. The molecule has 0 spiro atoms. The molecule has 1 aliphatic rings. The van der Waals surface area contributed by atoms with Crippen molar-refractivity contribution in [2.45, 2.75) is 0 Å². The predicted molar refractivity (Wildman–Crippen MR) is 15.9 cm³/mol. The molecule has 0 saturated carbocycles. The van der Waals surface area contributed by atoms with Crippen LogP contribution in [0.4, 0.5) is 0 Å². The monoisotopic (exact) mass is 68.0 g/mol. The Bertz CT molecular complexity index is 70.6. The molecular weight excluding hydrogens is 66.0 g/mol. The van der Waals surface area contributed by atoms with E-state index in [0.29, 0.717) is 6.54 Å². The Kier molecular flexibility index (Phi) is 0.489. The van der Waals surface area contributed by atoms with Crippen LogP contribution in [-0.4, -0.2) is 6.54 Å². The van der Waals surface area contributed by atoms with Gasteiger partial charge >= 0.3 is 0 Å². The van der Waals surface area contributed by atoms with E-state index < -0.39 is 0 Å². The van der Waals surface area contributed by atoms with Crippen molar-refractivity contribution < 1.29 is 4.84 Å². The average Bonchev–Trinajstić information content (AvgIpc) is 1.76. The topological polar surface area (TPSA) is 23.3 Å². The molecule has 1 radical (unpaired) electrons. The Hall–Kier alpha value is -0.680. The fourth-order valence-corrected chi connectivity index (χ4v) is 0.161. The first-order chi connectivity index (χ1) is 2.50. The molecule has 1 rings (SSSR count). The molecule has 0 unspecified atom stereocenters. The second kappa shape index (κ2) is 0.958. The zero-order valence-corrected chi connectivity index (χ0v) is 2.56. The van der Waals surface area contributed by atoms with Crippen LogP contribution in [0, 0.1) is 12.0 Å². The third kappa shape index (κ3) is 0.310. The summed E-state index contributed by atoms with van der Waals surface area (Å²) < 4.78 is 0. The summed E-state index contributed by atoms with van der Waals surface area (Å²) in [7, 11) is 0. The lowest BCUT2D eigenvalue weighted by Crippen LogP contribution is -1.92. The summed E-state index contributed by atoms with van der Waals surface area (Å²) >= 11 is 0. The molecule has 0 amide bonds. The van der Waals surface area contributed by atoms with E-state index in [1.165, 1.54) is 0 Å². The lowest BCUT2D eigenvalue weighted by molar-refractivity contribution is 0.176. The predicted octanol–water partition coefficient (Wildman–Crippen LogP) is -0.503. The Morgan fingerprint density at radius 1 is 1.80 bits per heavy atom. The second-order valence-corrected chi connectivity index (χ2v) is 0.657. The van der Waals surface area contributed by atoms with Crippen LogP contribution >= 0.6 is 0 Å². The Labute approximate surface area is 30.1 Å². The zero-order chi connectivity index (χ0) is 3.54. The molecule has 0 N–H and O–H groups in total. The minimum absolute atomic E-state index is 0.542. The van der Waals surface area contributed by atoms with Crippen LogP contribution in [0.1, 0.15) is 0 Å². The Morgan fingerprint density at radius 2 is 2.80 bits per heavy atom. The molecule has 25 valence electrons. The van der Waals surface area contributed by atoms with Crippen LogP contribution in [0.25, 0.3) is 0 Å². The van der Waals surface area contributed by atoms with Gasteiger partial charge in [0, 0.05) is 0 Å². The van der Waals surface area contributed by atoms with E-state index in [4.69, 9.17) is 0 Å². The number of nitrogens with zero attached hydrogens (tertiary/aromatic N) is 1. The van der Waals surface area contributed by atoms with Gasteiger partial charge in [-0.1, -0.05) is 0 Å². The number of hydroxylamine groups is 1. The van der Waals surface area contributed by atoms with E-state index in [1.54, 1.807) is 0 Å². The summed E-state index contributed by atoms with van der Waals surface area (Å²) in [5, 5.41) is 0. The van der Waals surface area contributed by atoms with Crippen molar-refractivity contribution in [1.29, 1.82) is 0 Å². The average molecular weight is 68.1 g/mol. The molecule has 0 fully saturated rings. The van der Waals surface area contributed by atoms with E-state index in [9.17, 15) is 0 Å². The standard InChI is InChI=1S/C3H2NO/c1-2-4-5-3-1/h2H2. The van der Waals surface area contributed by atoms with Crippen molar-refractivity contribution in [2.24, 2.45) is 0 Å². The molecule has 2 nitrogen and oxygen atoms in total. The van der Waals surface area contributed by atoms with Crippen LogP contribution in [0.2, 0.25) is 0 Å². The molecule has 0 atom stereocenters. The molecule has 0 aromatic carbocycles. The highest BCUT2D eigenvalue weighted by Gasteiger charge is 1.84. The summed E-state index contributed by atoms with van der Waals surface area (Å²) in [6, 6.07) is 0. The molecule has 2 heteroatoms. The van der Waals surface area contributed by atoms with Gasteiger partial charge in [-0.15, -0.1) is 0 Å². The first kappa shape index (κ1) is 2.55. The smallest absolute Gasteiger partial charge is 0.141 e. The van der Waals surface area contributed by atoms with Gasteiger partial charge in [-0.05, 0) is 11.4 Å². The summed E-state index contributed by atoms with van der Waals surface area (Å²) in [5.74, 6) is 2.58. The van der Waals surface area contributed by atoms with Gasteiger partial charge in [0.15, 0.2) is 0 Å². The molecule has 0 saturated heterocycles. The summed E-state index contributed by atoms with van der Waals surface area (Å²) in [6.45, 7) is 0.542. The normalized spacial score (nSPS) is 16.0. The van der Waals surface area contributed by atoms with Gasteiger partial charge in [0.2, 0.25) is 0 Å². The van der Waals surface area contributed by atoms with Crippen LogP contribution in [0.15, 0.2) is 0 Å². The molecule has 0 bridgehead atoms. The minimum atomic E-state index is 0.542. The lowest BCUT2D eigenvalue weighted by Gasteiger charge is -1.74. The van der Waals surface area contributed by atoms with E-state index in [-0.39, 0.29) is 0 Å². The number of rotatable bonds is 0. The molecule has 0 aromatic heterocycles. The van der Waals surface area contributed by atoms with Crippen LogP contribution in [0.5, 0.6) is 0 Å². The third-order valence-electron chi connectivity index (χ3n) is 0.326. The van der Waals surface area contributed by atoms with Crippen molar-refractivity contribution in [2.75, 3.05) is 6.54 Å². The van der Waals surface area contributed by atoms with Gasteiger partial charge in [-0.3, -0.25) is 0 Å². The SMILES string of the molecule is C1#CO[N]C1. The molecule has 1 heterocycles. The van der Waals surface area contributed by atoms with Crippen molar-refractivity contribution in [3.8, 4) is 12.0 Å². The Morgan fingerprint density at radius 3 is 3.00 bits per heavy atom. The van der Waals surface area contributed by atoms with Gasteiger partial charge in [0.1, 0.15) is 12.7 Å². The first-order valence-electron chi connectivity index (χ1n) is 1.31. The lowest BCUT2D eigenvalue weighted by atomic mass is 10.7. The van der Waals surface area contributed by atoms with Gasteiger partial charge in [-0.25, -0.2) is 0 Å². The van der Waals surface area contributed by atoms with Gasteiger partial charge < -0.3 is 4.84 Å². The fourth-order valence-electron chi connectivity index (χ4n) is 0.161. The quantitative estimate of drug-likeness (QED) is 0.351. The van der Waals surface area contributed by atoms with Crippen molar-refractivity contribution >= 4 is 0 Å². The van der Waals surface area contributed by atoms with Crippen LogP contribution < -0.4 is 5.48 Å². The first-order valence-corrected chi connectivity index (χ1v) is 1.31. The van der Waals surface area contributed by atoms with Crippen molar-refractivity contribution in [1.82, 2.24) is 5.48 Å². The number of hydrogen-bond acceptors (Lipinski definition) is 1. The molecule has 5 heavy (non-hydrogen) atoms. The molecule has 0 aromatic rings. The molecular formula is C3H2NO. The van der Waals surface area contributed by atoms with E-state index >= 15 is 0 Å². The minimum Gasteiger partial charge on any atom is -0.334 e. The van der Waals surface area contributed by atoms with Gasteiger partial charge in [0.05, 0.1) is 0 Å². The largest absolute Gasteiger partial charge is 0.334 e.